The van der Waals surface area contributed by atoms with Crippen LogP contribution in [0.25, 0.3) is 10.9 Å². The van der Waals surface area contributed by atoms with E-state index in [1.54, 1.807) is 70.2 Å². The second-order valence-electron chi connectivity index (χ2n) is 9.44. The molecular weight excluding hydrogens is 508 g/mol. The van der Waals surface area contributed by atoms with Gasteiger partial charge in [0.2, 0.25) is 0 Å². The molecule has 0 saturated heterocycles. The molecule has 0 bridgehead atoms. The molecule has 0 aliphatic heterocycles. The molecule has 0 atom stereocenters. The highest BCUT2D eigenvalue weighted by Crippen LogP contribution is 2.28. The lowest BCUT2D eigenvalue weighted by atomic mass is 10.0. The van der Waals surface area contributed by atoms with Crippen molar-refractivity contribution in [1.29, 1.82) is 0 Å². The van der Waals surface area contributed by atoms with Crippen LogP contribution in [0.3, 0.4) is 0 Å². The molecule has 0 fully saturated rings. The van der Waals surface area contributed by atoms with E-state index in [2.05, 4.69) is 5.32 Å². The Labute approximate surface area is 222 Å². The Balaban J connectivity index is 1.87. The van der Waals surface area contributed by atoms with Gasteiger partial charge in [0.15, 0.2) is 5.78 Å². The van der Waals surface area contributed by atoms with E-state index in [0.717, 1.165) is 3.97 Å². The highest BCUT2D eigenvalue weighted by molar-refractivity contribution is 7.90. The maximum atomic E-state index is 13.4. The molecule has 0 unspecified atom stereocenters. The number of carbonyl (C=O) groups is 3. The van der Waals surface area contributed by atoms with Crippen molar-refractivity contribution in [2.24, 2.45) is 0 Å². The number of hydrogen-bond donors (Lipinski definition) is 1. The fraction of sp³-hybridized carbons (Fsp3) is 0.321. The van der Waals surface area contributed by atoms with Crippen molar-refractivity contribution in [3.8, 4) is 0 Å². The Hall–Kier alpha value is -3.92. The van der Waals surface area contributed by atoms with E-state index in [0.29, 0.717) is 10.9 Å². The van der Waals surface area contributed by atoms with Crippen LogP contribution in [-0.4, -0.2) is 49.0 Å². The molecule has 2 aromatic carbocycles. The Bertz CT molecular complexity index is 1450. The number of alkyl carbamates (subject to hydrolysis) is 1. The molecule has 0 spiro atoms. The average molecular weight is 541 g/mol. The van der Waals surface area contributed by atoms with Crippen LogP contribution in [0.1, 0.15) is 50.9 Å². The number of rotatable bonds is 10. The van der Waals surface area contributed by atoms with Crippen molar-refractivity contribution in [2.45, 2.75) is 51.0 Å². The number of para-hydroxylation sites is 1. The topological polar surface area (TPSA) is 121 Å². The number of Topliss-reactive ketones (excluding diaryl/α,β-unsaturated/α-hetero) is 1. The zero-order valence-electron chi connectivity index (χ0n) is 21.9. The summed E-state index contributed by atoms with van der Waals surface area (Å²) in [6.07, 6.45) is 2.19. The summed E-state index contributed by atoms with van der Waals surface area (Å²) >= 11 is 0. The van der Waals surface area contributed by atoms with E-state index in [4.69, 9.17) is 9.47 Å². The summed E-state index contributed by atoms with van der Waals surface area (Å²) in [6, 6.07) is 14.6. The first-order valence-corrected chi connectivity index (χ1v) is 13.6. The Morgan fingerprint density at radius 2 is 1.66 bits per heavy atom. The molecule has 202 valence electrons. The number of hydrogen-bond acceptors (Lipinski definition) is 7. The second kappa shape index (κ2) is 12.1. The van der Waals surface area contributed by atoms with Gasteiger partial charge in [0, 0.05) is 35.7 Å². The Kier molecular flexibility index (Phi) is 9.11. The zero-order valence-corrected chi connectivity index (χ0v) is 22.7. The van der Waals surface area contributed by atoms with Crippen molar-refractivity contribution < 1.29 is 32.3 Å². The molecule has 1 amide bonds. The number of esters is 1. The van der Waals surface area contributed by atoms with Crippen molar-refractivity contribution in [1.82, 2.24) is 9.29 Å². The molecule has 3 rings (SSSR count). The summed E-state index contributed by atoms with van der Waals surface area (Å²) in [4.78, 5) is 37.9. The number of ketones is 1. The maximum Gasteiger partial charge on any atom is 0.407 e. The van der Waals surface area contributed by atoms with Gasteiger partial charge in [0.05, 0.1) is 17.0 Å². The van der Waals surface area contributed by atoms with E-state index in [-0.39, 0.29) is 42.0 Å². The number of nitrogens with zero attached hydrogens (tertiary/aromatic N) is 1. The summed E-state index contributed by atoms with van der Waals surface area (Å²) < 4.78 is 38.1. The molecule has 1 aromatic heterocycles. The van der Waals surface area contributed by atoms with Gasteiger partial charge in [-0.25, -0.2) is 22.0 Å². The zero-order chi connectivity index (χ0) is 27.9. The van der Waals surface area contributed by atoms with Gasteiger partial charge in [0.25, 0.3) is 10.0 Å². The smallest absolute Gasteiger partial charge is 0.407 e. The summed E-state index contributed by atoms with van der Waals surface area (Å²) in [5.74, 6) is -1.10. The van der Waals surface area contributed by atoms with Crippen LogP contribution in [0.2, 0.25) is 0 Å². The van der Waals surface area contributed by atoms with Crippen LogP contribution >= 0.6 is 0 Å². The van der Waals surface area contributed by atoms with Crippen molar-refractivity contribution in [2.75, 3.05) is 13.2 Å². The average Bonchev–Trinajstić information content (AvgIpc) is 3.26. The van der Waals surface area contributed by atoms with E-state index < -0.39 is 33.5 Å². The molecule has 0 radical (unpaired) electrons. The lowest BCUT2D eigenvalue weighted by molar-refractivity contribution is -0.138. The van der Waals surface area contributed by atoms with E-state index in [9.17, 15) is 22.8 Å². The minimum absolute atomic E-state index is 0.0874. The lowest BCUT2D eigenvalue weighted by Gasteiger charge is -2.19. The second-order valence-corrected chi connectivity index (χ2v) is 11.3. The van der Waals surface area contributed by atoms with Crippen molar-refractivity contribution >= 4 is 38.8 Å². The third-order valence-electron chi connectivity index (χ3n) is 5.37. The highest BCUT2D eigenvalue weighted by atomic mass is 32.2. The Morgan fingerprint density at radius 3 is 2.32 bits per heavy atom. The predicted molar refractivity (Wildman–Crippen MR) is 143 cm³/mol. The maximum absolute atomic E-state index is 13.4. The van der Waals surface area contributed by atoms with Gasteiger partial charge in [-0.15, -0.1) is 0 Å². The Morgan fingerprint density at radius 1 is 1.00 bits per heavy atom. The highest BCUT2D eigenvalue weighted by Gasteiger charge is 2.25. The molecule has 0 saturated carbocycles. The van der Waals surface area contributed by atoms with Crippen LogP contribution in [0.5, 0.6) is 0 Å². The predicted octanol–water partition coefficient (Wildman–Crippen LogP) is 4.86. The normalized spacial score (nSPS) is 12.3. The fourth-order valence-corrected chi connectivity index (χ4v) is 5.12. The SMILES string of the molecule is CCOC(=O)/C(=C\CCNC(=O)OC(C)(C)C)CC(=O)c1cn(S(=O)(=O)c2ccccc2)c2ccccc12. The number of ether oxygens (including phenoxy) is 2. The minimum Gasteiger partial charge on any atom is -0.463 e. The van der Waals surface area contributed by atoms with Crippen LogP contribution in [0, 0.1) is 0 Å². The van der Waals surface area contributed by atoms with E-state index >= 15 is 0 Å². The first-order valence-electron chi connectivity index (χ1n) is 12.2. The van der Waals surface area contributed by atoms with Gasteiger partial charge in [0.1, 0.15) is 5.60 Å². The van der Waals surface area contributed by atoms with Gasteiger partial charge in [-0.05, 0) is 52.3 Å². The minimum atomic E-state index is -3.96. The molecule has 38 heavy (non-hydrogen) atoms. The monoisotopic (exact) mass is 540 g/mol. The van der Waals surface area contributed by atoms with E-state index in [1.807, 2.05) is 0 Å². The number of aromatic nitrogens is 1. The van der Waals surface area contributed by atoms with Crippen molar-refractivity contribution in [3.05, 3.63) is 78.0 Å². The van der Waals surface area contributed by atoms with Gasteiger partial charge in [-0.2, -0.15) is 0 Å². The number of benzene rings is 2. The fourth-order valence-electron chi connectivity index (χ4n) is 3.73. The molecule has 0 aliphatic rings. The number of amides is 1. The van der Waals surface area contributed by atoms with Gasteiger partial charge in [-0.3, -0.25) is 4.79 Å². The van der Waals surface area contributed by atoms with Crippen LogP contribution in [-0.2, 0) is 24.3 Å². The standard InChI is InChI=1S/C28H32N2O7S/c1-5-36-26(32)20(12-11-17-29-27(33)37-28(2,3)4)18-25(31)23-19-30(24-16-10-9-15-22(23)24)38(34,35)21-13-7-6-8-14-21/h6-10,12-16,19H,5,11,17-18H2,1-4H3,(H,29,33)/b20-12-. The summed E-state index contributed by atoms with van der Waals surface area (Å²) in [6.45, 7) is 7.20. The van der Waals surface area contributed by atoms with Crippen molar-refractivity contribution in [3.63, 3.8) is 0 Å². The number of nitrogens with one attached hydrogen (secondary N) is 1. The molecule has 1 N–H and O–H groups in total. The van der Waals surface area contributed by atoms with Crippen LogP contribution < -0.4 is 5.32 Å². The largest absolute Gasteiger partial charge is 0.463 e. The third kappa shape index (κ3) is 7.10. The van der Waals surface area contributed by atoms with Crippen LogP contribution in [0.15, 0.2) is 77.3 Å². The first kappa shape index (κ1) is 28.6. The van der Waals surface area contributed by atoms with Gasteiger partial charge >= 0.3 is 12.1 Å². The van der Waals surface area contributed by atoms with Crippen LogP contribution in [0.4, 0.5) is 4.79 Å². The van der Waals surface area contributed by atoms with Gasteiger partial charge in [-0.1, -0.05) is 42.5 Å². The quantitative estimate of drug-likeness (QED) is 0.169. The summed E-state index contributed by atoms with van der Waals surface area (Å²) in [5, 5.41) is 3.05. The summed E-state index contributed by atoms with van der Waals surface area (Å²) in [5.41, 5.74) is -0.00834. The third-order valence-corrected chi connectivity index (χ3v) is 7.06. The number of carbonyl (C=O) groups excluding carboxylic acids is 3. The molecule has 1 heterocycles. The number of fused-ring (bicyclic) bond motifs is 1. The molecule has 3 aromatic rings. The van der Waals surface area contributed by atoms with Gasteiger partial charge < -0.3 is 14.8 Å². The molecular formula is C28H32N2O7S. The molecule has 9 nitrogen and oxygen atoms in total. The molecule has 10 heteroatoms. The summed E-state index contributed by atoms with van der Waals surface area (Å²) in [7, 11) is -3.96. The molecule has 0 aliphatic carbocycles. The van der Waals surface area contributed by atoms with E-state index in [1.165, 1.54) is 24.4 Å². The first-order chi connectivity index (χ1) is 17.9. The lowest BCUT2D eigenvalue weighted by Crippen LogP contribution is -2.32.